The van der Waals surface area contributed by atoms with Crippen molar-refractivity contribution in [1.82, 2.24) is 10.2 Å². The summed E-state index contributed by atoms with van der Waals surface area (Å²) in [6.45, 7) is 3.96. The van der Waals surface area contributed by atoms with Gasteiger partial charge in [-0.15, -0.1) is 0 Å². The lowest BCUT2D eigenvalue weighted by atomic mass is 9.66. The molecule has 0 aromatic carbocycles. The summed E-state index contributed by atoms with van der Waals surface area (Å²) in [7, 11) is 2.15. The van der Waals surface area contributed by atoms with E-state index in [2.05, 4.69) is 24.2 Å². The highest BCUT2D eigenvalue weighted by atomic mass is 16.1. The molecule has 1 saturated heterocycles. The minimum absolute atomic E-state index is 0.126. The minimum atomic E-state index is 0.126. The molecule has 0 aromatic rings. The van der Waals surface area contributed by atoms with Crippen molar-refractivity contribution in [3.63, 3.8) is 0 Å². The summed E-state index contributed by atoms with van der Waals surface area (Å²) >= 11 is 0. The van der Waals surface area contributed by atoms with Crippen LogP contribution in [0.15, 0.2) is 0 Å². The van der Waals surface area contributed by atoms with Crippen LogP contribution in [0.25, 0.3) is 0 Å². The highest BCUT2D eigenvalue weighted by molar-refractivity contribution is 5.77. The van der Waals surface area contributed by atoms with Gasteiger partial charge >= 0.3 is 0 Å². The summed E-state index contributed by atoms with van der Waals surface area (Å²) in [5, 5.41) is 3.21. The lowest BCUT2D eigenvalue weighted by molar-refractivity contribution is -0.125. The van der Waals surface area contributed by atoms with Crippen LogP contribution in [0, 0.1) is 5.41 Å². The molecule has 18 heavy (non-hydrogen) atoms. The molecule has 0 spiro atoms. The molecule has 1 saturated carbocycles. The fourth-order valence-electron chi connectivity index (χ4n) is 3.17. The average molecular weight is 253 g/mol. The lowest BCUT2D eigenvalue weighted by Crippen LogP contribution is -2.49. The number of likely N-dealkylation sites (tertiary alicyclic amines) is 1. The minimum Gasteiger partial charge on any atom is -0.353 e. The summed E-state index contributed by atoms with van der Waals surface area (Å²) < 4.78 is 0. The molecule has 1 aliphatic carbocycles. The van der Waals surface area contributed by atoms with Crippen molar-refractivity contribution in [3.8, 4) is 0 Å². The largest absolute Gasteiger partial charge is 0.353 e. The Kier molecular flexibility index (Phi) is 4.28. The van der Waals surface area contributed by atoms with Gasteiger partial charge in [0.15, 0.2) is 0 Å². The van der Waals surface area contributed by atoms with E-state index in [0.29, 0.717) is 25.0 Å². The van der Waals surface area contributed by atoms with Gasteiger partial charge in [0, 0.05) is 25.0 Å². The zero-order valence-electron chi connectivity index (χ0n) is 11.7. The highest BCUT2D eigenvalue weighted by Crippen LogP contribution is 2.42. The van der Waals surface area contributed by atoms with Gasteiger partial charge in [-0.25, -0.2) is 0 Å². The van der Waals surface area contributed by atoms with Crippen LogP contribution in [0.2, 0.25) is 0 Å². The molecule has 2 rings (SSSR count). The van der Waals surface area contributed by atoms with Crippen LogP contribution < -0.4 is 11.1 Å². The number of amides is 1. The second kappa shape index (κ2) is 5.57. The van der Waals surface area contributed by atoms with Crippen molar-refractivity contribution < 1.29 is 4.79 Å². The van der Waals surface area contributed by atoms with Crippen LogP contribution in [-0.2, 0) is 4.79 Å². The van der Waals surface area contributed by atoms with E-state index < -0.39 is 0 Å². The summed E-state index contributed by atoms with van der Waals surface area (Å²) in [5.41, 5.74) is 5.93. The Morgan fingerprint density at radius 1 is 1.50 bits per heavy atom. The Morgan fingerprint density at radius 2 is 2.22 bits per heavy atom. The van der Waals surface area contributed by atoms with Gasteiger partial charge in [-0.05, 0) is 51.6 Å². The summed E-state index contributed by atoms with van der Waals surface area (Å²) in [5.74, 6) is 0.210. The van der Waals surface area contributed by atoms with Crippen LogP contribution in [0.4, 0.5) is 0 Å². The second-order valence-electron chi connectivity index (χ2n) is 6.35. The lowest BCUT2D eigenvalue weighted by Gasteiger charge is -2.41. The van der Waals surface area contributed by atoms with Gasteiger partial charge in [0.25, 0.3) is 0 Å². The zero-order valence-corrected chi connectivity index (χ0v) is 11.7. The third-order valence-electron chi connectivity index (χ3n) is 4.96. The first-order valence-corrected chi connectivity index (χ1v) is 7.24. The van der Waals surface area contributed by atoms with E-state index in [9.17, 15) is 4.79 Å². The molecule has 0 radical (unpaired) electrons. The van der Waals surface area contributed by atoms with E-state index >= 15 is 0 Å². The number of rotatable bonds is 4. The molecule has 0 aromatic heterocycles. The topological polar surface area (TPSA) is 58.4 Å². The highest BCUT2D eigenvalue weighted by Gasteiger charge is 2.38. The standard InChI is InChI=1S/C14H27N3O/c1-11-8-12(4-7-17(11)2)16-13(18)9-14(10-15)5-3-6-14/h11-12H,3-10,15H2,1-2H3,(H,16,18). The van der Waals surface area contributed by atoms with E-state index in [4.69, 9.17) is 5.73 Å². The molecule has 2 aliphatic rings. The molecule has 104 valence electrons. The number of nitrogens with one attached hydrogen (secondary N) is 1. The van der Waals surface area contributed by atoms with Crippen LogP contribution >= 0.6 is 0 Å². The molecule has 2 atom stereocenters. The third kappa shape index (κ3) is 3.04. The molecule has 4 nitrogen and oxygen atoms in total. The van der Waals surface area contributed by atoms with Gasteiger partial charge in [0.2, 0.25) is 5.91 Å². The van der Waals surface area contributed by atoms with E-state index in [1.165, 1.54) is 6.42 Å². The van der Waals surface area contributed by atoms with Gasteiger partial charge < -0.3 is 16.0 Å². The molecule has 3 N–H and O–H groups in total. The van der Waals surface area contributed by atoms with Crippen molar-refractivity contribution in [3.05, 3.63) is 0 Å². The third-order valence-corrected chi connectivity index (χ3v) is 4.96. The Morgan fingerprint density at radius 3 is 2.72 bits per heavy atom. The maximum Gasteiger partial charge on any atom is 0.220 e. The van der Waals surface area contributed by atoms with Crippen molar-refractivity contribution in [2.24, 2.45) is 11.1 Å². The van der Waals surface area contributed by atoms with Crippen LogP contribution in [0.3, 0.4) is 0 Å². The van der Waals surface area contributed by atoms with Crippen molar-refractivity contribution in [1.29, 1.82) is 0 Å². The maximum absolute atomic E-state index is 12.1. The van der Waals surface area contributed by atoms with Crippen LogP contribution in [-0.4, -0.2) is 43.0 Å². The average Bonchev–Trinajstić information content (AvgIpc) is 2.29. The van der Waals surface area contributed by atoms with Gasteiger partial charge in [-0.3, -0.25) is 4.79 Å². The van der Waals surface area contributed by atoms with Crippen LogP contribution in [0.1, 0.15) is 45.4 Å². The smallest absolute Gasteiger partial charge is 0.220 e. The summed E-state index contributed by atoms with van der Waals surface area (Å²) in [6.07, 6.45) is 6.25. The van der Waals surface area contributed by atoms with Gasteiger partial charge in [-0.2, -0.15) is 0 Å². The number of hydrogen-bond donors (Lipinski definition) is 2. The fourth-order valence-corrected chi connectivity index (χ4v) is 3.17. The normalized spacial score (nSPS) is 31.7. The molecular formula is C14H27N3O. The molecule has 4 heteroatoms. The predicted octanol–water partition coefficient (Wildman–Crippen LogP) is 1.10. The SMILES string of the molecule is CC1CC(NC(=O)CC2(CN)CCC2)CCN1C. The number of carbonyl (C=O) groups is 1. The Bertz CT molecular complexity index is 296. The Balaban J connectivity index is 1.77. The summed E-state index contributed by atoms with van der Waals surface area (Å²) in [6, 6.07) is 0.926. The van der Waals surface area contributed by atoms with Crippen molar-refractivity contribution in [2.45, 2.75) is 57.5 Å². The van der Waals surface area contributed by atoms with Crippen LogP contribution in [0.5, 0.6) is 0 Å². The van der Waals surface area contributed by atoms with E-state index in [0.717, 1.165) is 32.2 Å². The Hall–Kier alpha value is -0.610. The fraction of sp³-hybridized carbons (Fsp3) is 0.929. The van der Waals surface area contributed by atoms with Crippen molar-refractivity contribution >= 4 is 5.91 Å². The molecule has 2 fully saturated rings. The first-order chi connectivity index (χ1) is 8.54. The van der Waals surface area contributed by atoms with E-state index in [-0.39, 0.29) is 11.3 Å². The maximum atomic E-state index is 12.1. The van der Waals surface area contributed by atoms with E-state index in [1.54, 1.807) is 0 Å². The molecule has 1 amide bonds. The molecular weight excluding hydrogens is 226 g/mol. The predicted molar refractivity (Wildman–Crippen MR) is 73.2 cm³/mol. The zero-order chi connectivity index (χ0) is 13.2. The first-order valence-electron chi connectivity index (χ1n) is 7.24. The molecule has 2 unspecified atom stereocenters. The number of nitrogens with zero attached hydrogens (tertiary/aromatic N) is 1. The first kappa shape index (κ1) is 13.8. The second-order valence-corrected chi connectivity index (χ2v) is 6.35. The van der Waals surface area contributed by atoms with Crippen molar-refractivity contribution in [2.75, 3.05) is 20.1 Å². The van der Waals surface area contributed by atoms with Gasteiger partial charge in [0.1, 0.15) is 0 Å². The monoisotopic (exact) mass is 253 g/mol. The summed E-state index contributed by atoms with van der Waals surface area (Å²) in [4.78, 5) is 14.4. The number of carbonyl (C=O) groups excluding carboxylic acids is 1. The number of piperidine rings is 1. The molecule has 0 bridgehead atoms. The molecule has 1 heterocycles. The quantitative estimate of drug-likeness (QED) is 0.789. The van der Waals surface area contributed by atoms with E-state index in [1.807, 2.05) is 0 Å². The van der Waals surface area contributed by atoms with Gasteiger partial charge in [-0.1, -0.05) is 6.42 Å². The number of nitrogens with two attached hydrogens (primary N) is 1. The number of hydrogen-bond acceptors (Lipinski definition) is 3. The van der Waals surface area contributed by atoms with Gasteiger partial charge in [0.05, 0.1) is 0 Å². The molecule has 1 aliphatic heterocycles. The Labute approximate surface area is 110 Å².